The van der Waals surface area contributed by atoms with Crippen LogP contribution in [0.3, 0.4) is 0 Å². The SMILES string of the molecule is CC(CBr)CCCNC(=O)c1ccoc1Br. The summed E-state index contributed by atoms with van der Waals surface area (Å²) in [5.41, 5.74) is 0.550. The van der Waals surface area contributed by atoms with Crippen molar-refractivity contribution in [3.05, 3.63) is 22.6 Å². The van der Waals surface area contributed by atoms with E-state index < -0.39 is 0 Å². The highest BCUT2D eigenvalue weighted by atomic mass is 79.9. The fraction of sp³-hybridized carbons (Fsp3) is 0.545. The van der Waals surface area contributed by atoms with Gasteiger partial charge in [0.05, 0.1) is 11.8 Å². The van der Waals surface area contributed by atoms with Crippen LogP contribution in [0.15, 0.2) is 21.4 Å². The molecule has 1 rings (SSSR count). The molecular weight excluding hydrogens is 338 g/mol. The van der Waals surface area contributed by atoms with Crippen LogP contribution in [0.4, 0.5) is 0 Å². The van der Waals surface area contributed by atoms with Crippen molar-refractivity contribution in [2.45, 2.75) is 19.8 Å². The van der Waals surface area contributed by atoms with Crippen molar-refractivity contribution in [1.29, 1.82) is 0 Å². The van der Waals surface area contributed by atoms with Crippen molar-refractivity contribution in [3.63, 3.8) is 0 Å². The molecule has 0 aliphatic carbocycles. The van der Waals surface area contributed by atoms with Crippen LogP contribution in [0, 0.1) is 5.92 Å². The van der Waals surface area contributed by atoms with Crippen molar-refractivity contribution >= 4 is 37.8 Å². The van der Waals surface area contributed by atoms with E-state index in [0.717, 1.165) is 18.2 Å². The summed E-state index contributed by atoms with van der Waals surface area (Å²) in [5, 5.41) is 3.87. The van der Waals surface area contributed by atoms with E-state index in [0.29, 0.717) is 22.7 Å². The van der Waals surface area contributed by atoms with Gasteiger partial charge in [-0.1, -0.05) is 22.9 Å². The van der Waals surface area contributed by atoms with Crippen LogP contribution in [-0.4, -0.2) is 17.8 Å². The highest BCUT2D eigenvalue weighted by Crippen LogP contribution is 2.17. The van der Waals surface area contributed by atoms with Crippen LogP contribution in [-0.2, 0) is 0 Å². The minimum absolute atomic E-state index is 0.0906. The lowest BCUT2D eigenvalue weighted by Crippen LogP contribution is -2.24. The Labute approximate surface area is 112 Å². The van der Waals surface area contributed by atoms with E-state index in [-0.39, 0.29) is 5.91 Å². The van der Waals surface area contributed by atoms with Crippen molar-refractivity contribution in [2.75, 3.05) is 11.9 Å². The lowest BCUT2D eigenvalue weighted by molar-refractivity contribution is 0.0951. The molecule has 0 radical (unpaired) electrons. The van der Waals surface area contributed by atoms with Gasteiger partial charge in [0.15, 0.2) is 4.67 Å². The molecular formula is C11H15Br2NO2. The van der Waals surface area contributed by atoms with Gasteiger partial charge in [-0.05, 0) is 40.8 Å². The minimum Gasteiger partial charge on any atom is -0.457 e. The Kier molecular flexibility index (Phi) is 6.13. The lowest BCUT2D eigenvalue weighted by Gasteiger charge is -2.07. The molecule has 1 N–H and O–H groups in total. The number of carbonyl (C=O) groups is 1. The largest absolute Gasteiger partial charge is 0.457 e. The maximum atomic E-state index is 11.6. The fourth-order valence-electron chi connectivity index (χ4n) is 1.28. The van der Waals surface area contributed by atoms with Gasteiger partial charge in [-0.25, -0.2) is 0 Å². The second kappa shape index (κ2) is 7.12. The van der Waals surface area contributed by atoms with Crippen LogP contribution in [0.25, 0.3) is 0 Å². The van der Waals surface area contributed by atoms with Gasteiger partial charge < -0.3 is 9.73 Å². The summed E-state index contributed by atoms with van der Waals surface area (Å²) >= 11 is 6.61. The van der Waals surface area contributed by atoms with Crippen LogP contribution in [0.5, 0.6) is 0 Å². The molecule has 0 aliphatic rings. The summed E-state index contributed by atoms with van der Waals surface area (Å²) in [6.45, 7) is 2.89. The number of halogens is 2. The van der Waals surface area contributed by atoms with E-state index in [1.807, 2.05) is 0 Å². The summed E-state index contributed by atoms with van der Waals surface area (Å²) in [5.74, 6) is 0.560. The van der Waals surface area contributed by atoms with Gasteiger partial charge >= 0.3 is 0 Å². The number of carbonyl (C=O) groups excluding carboxylic acids is 1. The number of furan rings is 1. The first-order valence-corrected chi connectivity index (χ1v) is 7.13. The lowest BCUT2D eigenvalue weighted by atomic mass is 10.1. The first-order chi connectivity index (χ1) is 7.65. The molecule has 0 spiro atoms. The zero-order valence-electron chi connectivity index (χ0n) is 9.13. The second-order valence-corrected chi connectivity index (χ2v) is 5.13. The summed E-state index contributed by atoms with van der Waals surface area (Å²) in [7, 11) is 0. The molecule has 0 bridgehead atoms. The quantitative estimate of drug-likeness (QED) is 0.628. The summed E-state index contributed by atoms with van der Waals surface area (Å²) in [6.07, 6.45) is 3.60. The highest BCUT2D eigenvalue weighted by molar-refractivity contribution is 9.10. The maximum Gasteiger partial charge on any atom is 0.255 e. The highest BCUT2D eigenvalue weighted by Gasteiger charge is 2.11. The average Bonchev–Trinajstić information content (AvgIpc) is 2.70. The fourth-order valence-corrected chi connectivity index (χ4v) is 2.02. The Hall–Kier alpha value is -0.290. The zero-order chi connectivity index (χ0) is 12.0. The van der Waals surface area contributed by atoms with Gasteiger partial charge in [-0.2, -0.15) is 0 Å². The summed E-state index contributed by atoms with van der Waals surface area (Å²) in [4.78, 5) is 11.6. The third-order valence-electron chi connectivity index (χ3n) is 2.29. The molecule has 1 aromatic rings. The molecule has 1 heterocycles. The predicted octanol–water partition coefficient (Wildman–Crippen LogP) is 3.58. The number of rotatable bonds is 6. The molecule has 1 atom stereocenters. The number of nitrogens with one attached hydrogen (secondary N) is 1. The molecule has 0 saturated heterocycles. The molecule has 1 aromatic heterocycles. The zero-order valence-corrected chi connectivity index (χ0v) is 12.3. The van der Waals surface area contributed by atoms with E-state index in [4.69, 9.17) is 4.42 Å². The third-order valence-corrected chi connectivity index (χ3v) is 4.00. The Morgan fingerprint density at radius 3 is 2.94 bits per heavy atom. The topological polar surface area (TPSA) is 42.2 Å². The van der Waals surface area contributed by atoms with E-state index in [1.165, 1.54) is 6.26 Å². The van der Waals surface area contributed by atoms with Crippen molar-refractivity contribution in [1.82, 2.24) is 5.32 Å². The Bertz CT molecular complexity index is 338. The Morgan fingerprint density at radius 2 is 2.38 bits per heavy atom. The molecule has 5 heteroatoms. The van der Waals surface area contributed by atoms with Gasteiger partial charge in [0.1, 0.15) is 0 Å². The first-order valence-electron chi connectivity index (χ1n) is 5.22. The molecule has 3 nitrogen and oxygen atoms in total. The van der Waals surface area contributed by atoms with E-state index >= 15 is 0 Å². The third kappa shape index (κ3) is 4.29. The van der Waals surface area contributed by atoms with Gasteiger partial charge in [0, 0.05) is 11.9 Å². The number of amides is 1. The second-order valence-electron chi connectivity index (χ2n) is 3.77. The number of alkyl halides is 1. The van der Waals surface area contributed by atoms with Gasteiger partial charge in [-0.3, -0.25) is 4.79 Å². The predicted molar refractivity (Wildman–Crippen MR) is 70.9 cm³/mol. The molecule has 90 valence electrons. The van der Waals surface area contributed by atoms with Gasteiger partial charge in [0.25, 0.3) is 5.91 Å². The number of hydrogen-bond donors (Lipinski definition) is 1. The smallest absolute Gasteiger partial charge is 0.255 e. The van der Waals surface area contributed by atoms with Gasteiger partial charge in [0.2, 0.25) is 0 Å². The molecule has 1 amide bonds. The van der Waals surface area contributed by atoms with E-state index in [9.17, 15) is 4.79 Å². The van der Waals surface area contributed by atoms with Gasteiger partial charge in [-0.15, -0.1) is 0 Å². The van der Waals surface area contributed by atoms with Crippen molar-refractivity contribution in [2.24, 2.45) is 5.92 Å². The molecule has 0 aliphatic heterocycles. The van der Waals surface area contributed by atoms with Crippen molar-refractivity contribution in [3.8, 4) is 0 Å². The Morgan fingerprint density at radius 1 is 1.62 bits per heavy atom. The standard InChI is InChI=1S/C11H15Br2NO2/c1-8(7-12)3-2-5-14-11(15)9-4-6-16-10(9)13/h4,6,8H,2-3,5,7H2,1H3,(H,14,15). The summed E-state index contributed by atoms with van der Waals surface area (Å²) < 4.78 is 5.48. The van der Waals surface area contributed by atoms with Crippen molar-refractivity contribution < 1.29 is 9.21 Å². The van der Waals surface area contributed by atoms with E-state index in [1.54, 1.807) is 6.07 Å². The summed E-state index contributed by atoms with van der Waals surface area (Å²) in [6, 6.07) is 1.65. The minimum atomic E-state index is -0.0906. The van der Waals surface area contributed by atoms with Crippen LogP contribution in [0.1, 0.15) is 30.1 Å². The maximum absolute atomic E-state index is 11.6. The molecule has 0 saturated carbocycles. The van der Waals surface area contributed by atoms with Crippen LogP contribution >= 0.6 is 31.9 Å². The normalized spacial score (nSPS) is 12.4. The number of hydrogen-bond acceptors (Lipinski definition) is 2. The monoisotopic (exact) mass is 351 g/mol. The van der Waals surface area contributed by atoms with E-state index in [2.05, 4.69) is 44.1 Å². The van der Waals surface area contributed by atoms with Crippen LogP contribution in [0.2, 0.25) is 0 Å². The molecule has 0 aromatic carbocycles. The van der Waals surface area contributed by atoms with Crippen LogP contribution < -0.4 is 5.32 Å². The molecule has 16 heavy (non-hydrogen) atoms. The molecule has 1 unspecified atom stereocenters. The first kappa shape index (κ1) is 13.8. The average molecular weight is 353 g/mol. The Balaban J connectivity index is 2.24. The molecule has 0 fully saturated rings.